The molecule has 0 bridgehead atoms. The van der Waals surface area contributed by atoms with E-state index in [2.05, 4.69) is 17.1 Å². The molecular weight excluding hydrogens is 404 g/mol. The van der Waals surface area contributed by atoms with Gasteiger partial charge in [0.2, 0.25) is 11.9 Å². The van der Waals surface area contributed by atoms with Crippen LogP contribution in [0.1, 0.15) is 50.1 Å². The molecule has 32 heavy (non-hydrogen) atoms. The van der Waals surface area contributed by atoms with Crippen LogP contribution in [0, 0.1) is 0 Å². The average molecular weight is 439 g/mol. The summed E-state index contributed by atoms with van der Waals surface area (Å²) in [4.78, 5) is 26.3. The molecule has 4 rings (SSSR count). The van der Waals surface area contributed by atoms with Gasteiger partial charge in [-0.1, -0.05) is 12.1 Å². The van der Waals surface area contributed by atoms with Gasteiger partial charge in [-0.15, -0.1) is 0 Å². The van der Waals surface area contributed by atoms with Crippen LogP contribution < -0.4 is 9.64 Å². The third-order valence-electron chi connectivity index (χ3n) is 6.52. The van der Waals surface area contributed by atoms with Crippen LogP contribution >= 0.6 is 0 Å². The predicted octanol–water partition coefficient (Wildman–Crippen LogP) is 3.88. The Morgan fingerprint density at radius 2 is 1.91 bits per heavy atom. The van der Waals surface area contributed by atoms with Crippen LogP contribution in [-0.2, 0) is 9.53 Å². The highest BCUT2D eigenvalue weighted by molar-refractivity contribution is 5.77. The van der Waals surface area contributed by atoms with Gasteiger partial charge in [0.15, 0.2) is 0 Å². The molecule has 3 heterocycles. The predicted molar refractivity (Wildman–Crippen MR) is 125 cm³/mol. The van der Waals surface area contributed by atoms with Crippen LogP contribution in [0.3, 0.4) is 0 Å². The maximum atomic E-state index is 12.8. The number of benzene rings is 1. The first-order valence-corrected chi connectivity index (χ1v) is 11.6. The van der Waals surface area contributed by atoms with Crippen molar-refractivity contribution in [1.82, 2.24) is 14.9 Å². The first-order chi connectivity index (χ1) is 15.5. The van der Waals surface area contributed by atoms with Crippen LogP contribution in [0.25, 0.3) is 11.1 Å². The summed E-state index contributed by atoms with van der Waals surface area (Å²) in [6.45, 7) is 2.31. The molecule has 0 N–H and O–H groups in total. The number of rotatable bonds is 6. The van der Waals surface area contributed by atoms with Gasteiger partial charge < -0.3 is 19.3 Å². The molecule has 1 amide bonds. The summed E-state index contributed by atoms with van der Waals surface area (Å²) in [5.74, 6) is 2.06. The third-order valence-corrected chi connectivity index (χ3v) is 6.52. The van der Waals surface area contributed by atoms with E-state index in [0.29, 0.717) is 18.3 Å². The fourth-order valence-electron chi connectivity index (χ4n) is 4.60. The summed E-state index contributed by atoms with van der Waals surface area (Å²) in [5, 5.41) is 0. The lowest BCUT2D eigenvalue weighted by Crippen LogP contribution is -2.40. The number of aromatic nitrogens is 2. The zero-order valence-corrected chi connectivity index (χ0v) is 19.4. The van der Waals surface area contributed by atoms with Crippen molar-refractivity contribution in [2.75, 3.05) is 45.8 Å². The normalized spacial score (nSPS) is 19.6. The number of hydrogen-bond donors (Lipinski definition) is 0. The first kappa shape index (κ1) is 22.5. The molecule has 0 saturated carbocycles. The van der Waals surface area contributed by atoms with Gasteiger partial charge in [-0.3, -0.25) is 4.79 Å². The lowest BCUT2D eigenvalue weighted by atomic mass is 9.88. The van der Waals surface area contributed by atoms with Gasteiger partial charge >= 0.3 is 0 Å². The second-order valence-corrected chi connectivity index (χ2v) is 8.94. The lowest BCUT2D eigenvalue weighted by molar-refractivity contribution is -0.136. The van der Waals surface area contributed by atoms with Crippen LogP contribution in [-0.4, -0.2) is 67.8 Å². The highest BCUT2D eigenvalue weighted by atomic mass is 16.5. The second kappa shape index (κ2) is 10.3. The Hall–Kier alpha value is -2.67. The van der Waals surface area contributed by atoms with Gasteiger partial charge in [0, 0.05) is 51.5 Å². The molecule has 2 aliphatic heterocycles. The standard InChI is InChI=1S/C25H34N4O3/c1-28(2)25-26-17-22(18-7-9-20(31-3)10-8-18)24(27-25)19-11-13-29(14-12-19)23(30)16-21-6-4-5-15-32-21/h7-10,17,19,21H,4-6,11-16H2,1-3H3/t21-/m1/s1. The van der Waals surface area contributed by atoms with Crippen molar-refractivity contribution in [3.8, 4) is 16.9 Å². The van der Waals surface area contributed by atoms with E-state index in [1.54, 1.807) is 7.11 Å². The van der Waals surface area contributed by atoms with E-state index in [1.807, 2.05) is 42.2 Å². The molecule has 0 unspecified atom stereocenters. The summed E-state index contributed by atoms with van der Waals surface area (Å²) < 4.78 is 11.1. The molecular formula is C25H34N4O3. The maximum absolute atomic E-state index is 12.8. The van der Waals surface area contributed by atoms with Crippen LogP contribution in [0.15, 0.2) is 30.5 Å². The Labute approximate surface area is 190 Å². The highest BCUT2D eigenvalue weighted by Gasteiger charge is 2.29. The molecule has 2 aliphatic rings. The molecule has 1 atom stereocenters. The van der Waals surface area contributed by atoms with Crippen LogP contribution in [0.5, 0.6) is 5.75 Å². The second-order valence-electron chi connectivity index (χ2n) is 8.94. The van der Waals surface area contributed by atoms with Gasteiger partial charge in [-0.2, -0.15) is 0 Å². The molecule has 0 spiro atoms. The Balaban J connectivity index is 1.48. The van der Waals surface area contributed by atoms with E-state index in [9.17, 15) is 4.79 Å². The monoisotopic (exact) mass is 438 g/mol. The number of carbonyl (C=O) groups excluding carboxylic acids is 1. The summed E-state index contributed by atoms with van der Waals surface area (Å²) in [6, 6.07) is 8.04. The van der Waals surface area contributed by atoms with Crippen molar-refractivity contribution in [3.63, 3.8) is 0 Å². The lowest BCUT2D eigenvalue weighted by Gasteiger charge is -2.34. The molecule has 7 nitrogen and oxygen atoms in total. The fourth-order valence-corrected chi connectivity index (χ4v) is 4.60. The van der Waals surface area contributed by atoms with Crippen molar-refractivity contribution < 1.29 is 14.3 Å². The smallest absolute Gasteiger partial charge is 0.225 e. The van der Waals surface area contributed by atoms with Crippen molar-refractivity contribution in [2.24, 2.45) is 0 Å². The SMILES string of the molecule is COc1ccc(-c2cnc(N(C)C)nc2C2CCN(C(=O)C[C@H]3CCCCO3)CC2)cc1. The molecule has 0 radical (unpaired) electrons. The Morgan fingerprint density at radius 1 is 1.16 bits per heavy atom. The minimum Gasteiger partial charge on any atom is -0.497 e. The summed E-state index contributed by atoms with van der Waals surface area (Å²) in [6.07, 6.45) is 7.63. The maximum Gasteiger partial charge on any atom is 0.225 e. The fraction of sp³-hybridized carbons (Fsp3) is 0.560. The largest absolute Gasteiger partial charge is 0.497 e. The van der Waals surface area contributed by atoms with E-state index < -0.39 is 0 Å². The molecule has 1 aromatic heterocycles. The number of nitrogens with zero attached hydrogens (tertiary/aromatic N) is 4. The third kappa shape index (κ3) is 5.21. The minimum absolute atomic E-state index is 0.0974. The van der Waals surface area contributed by atoms with Gasteiger partial charge in [-0.05, 0) is 49.8 Å². The summed E-state index contributed by atoms with van der Waals surface area (Å²) in [5.41, 5.74) is 3.20. The molecule has 172 valence electrons. The van der Waals surface area contributed by atoms with Crippen molar-refractivity contribution in [2.45, 2.75) is 50.5 Å². The first-order valence-electron chi connectivity index (χ1n) is 11.6. The van der Waals surface area contributed by atoms with E-state index in [0.717, 1.165) is 74.4 Å². The number of likely N-dealkylation sites (tertiary alicyclic amines) is 1. The number of carbonyl (C=O) groups is 1. The number of ether oxygens (including phenoxy) is 2. The minimum atomic E-state index is 0.0974. The average Bonchev–Trinajstić information content (AvgIpc) is 2.84. The Morgan fingerprint density at radius 3 is 2.53 bits per heavy atom. The van der Waals surface area contributed by atoms with E-state index in [4.69, 9.17) is 14.5 Å². The number of methoxy groups -OCH3 is 1. The Kier molecular flexibility index (Phi) is 7.25. The molecule has 2 saturated heterocycles. The topological polar surface area (TPSA) is 67.8 Å². The summed E-state index contributed by atoms with van der Waals surface area (Å²) >= 11 is 0. The Bertz CT molecular complexity index is 902. The molecule has 1 aromatic carbocycles. The van der Waals surface area contributed by atoms with Gasteiger partial charge in [0.25, 0.3) is 0 Å². The molecule has 2 fully saturated rings. The molecule has 0 aliphatic carbocycles. The van der Waals surface area contributed by atoms with Gasteiger partial charge in [0.05, 0.1) is 25.3 Å². The van der Waals surface area contributed by atoms with Crippen molar-refractivity contribution >= 4 is 11.9 Å². The number of anilines is 1. The quantitative estimate of drug-likeness (QED) is 0.682. The van der Waals surface area contributed by atoms with Crippen molar-refractivity contribution in [3.05, 3.63) is 36.2 Å². The van der Waals surface area contributed by atoms with E-state index in [1.165, 1.54) is 0 Å². The molecule has 7 heteroatoms. The zero-order valence-electron chi connectivity index (χ0n) is 19.4. The molecule has 2 aromatic rings. The number of piperidine rings is 1. The van der Waals surface area contributed by atoms with Crippen molar-refractivity contribution in [1.29, 1.82) is 0 Å². The summed E-state index contributed by atoms with van der Waals surface area (Å²) in [7, 11) is 5.59. The number of hydrogen-bond acceptors (Lipinski definition) is 6. The van der Waals surface area contributed by atoms with Crippen LogP contribution in [0.4, 0.5) is 5.95 Å². The zero-order chi connectivity index (χ0) is 22.5. The van der Waals surface area contributed by atoms with Gasteiger partial charge in [-0.25, -0.2) is 9.97 Å². The highest BCUT2D eigenvalue weighted by Crippen LogP contribution is 2.35. The van der Waals surface area contributed by atoms with Gasteiger partial charge in [0.1, 0.15) is 5.75 Å². The van der Waals surface area contributed by atoms with Crippen LogP contribution in [0.2, 0.25) is 0 Å². The number of amides is 1. The van der Waals surface area contributed by atoms with E-state index >= 15 is 0 Å². The van der Waals surface area contributed by atoms with E-state index in [-0.39, 0.29) is 12.0 Å².